The van der Waals surface area contributed by atoms with E-state index in [1.54, 1.807) is 17.7 Å². The van der Waals surface area contributed by atoms with Crippen molar-refractivity contribution in [1.82, 2.24) is 14.3 Å². The van der Waals surface area contributed by atoms with Crippen LogP contribution >= 0.6 is 0 Å². The molecule has 0 aliphatic rings. The van der Waals surface area contributed by atoms with Gasteiger partial charge in [0.1, 0.15) is 5.56 Å². The first-order valence-electron chi connectivity index (χ1n) is 10.2. The molecular weight excluding hydrogens is 398 g/mol. The van der Waals surface area contributed by atoms with Crippen LogP contribution in [-0.2, 0) is 17.8 Å². The summed E-state index contributed by atoms with van der Waals surface area (Å²) < 4.78 is 8.59. The lowest BCUT2D eigenvalue weighted by atomic mass is 10.0. The number of aryl methyl sites for hydroxylation is 2. The first-order valence-corrected chi connectivity index (χ1v) is 10.2. The number of hydrogen-bond acceptors (Lipinski definition) is 5. The molecule has 0 aliphatic heterocycles. The quantitative estimate of drug-likeness (QED) is 0.582. The molecule has 0 amide bonds. The van der Waals surface area contributed by atoms with Crippen molar-refractivity contribution in [2.24, 2.45) is 5.92 Å². The van der Waals surface area contributed by atoms with E-state index in [4.69, 9.17) is 4.74 Å². The molecule has 0 fully saturated rings. The van der Waals surface area contributed by atoms with Gasteiger partial charge in [-0.3, -0.25) is 9.48 Å². The molecular formula is C23H27N3O5. The van der Waals surface area contributed by atoms with Gasteiger partial charge in [0.25, 0.3) is 0 Å². The average Bonchev–Trinajstić information content (AvgIpc) is 3.00. The van der Waals surface area contributed by atoms with E-state index in [0.29, 0.717) is 17.6 Å². The lowest BCUT2D eigenvalue weighted by Crippen LogP contribution is -2.23. The number of pyridine rings is 1. The summed E-state index contributed by atoms with van der Waals surface area (Å²) in [4.78, 5) is 37.4. The number of benzene rings is 1. The molecule has 0 bridgehead atoms. The third-order valence-corrected chi connectivity index (χ3v) is 5.02. The minimum absolute atomic E-state index is 0.00857. The van der Waals surface area contributed by atoms with Crippen LogP contribution in [-0.4, -0.2) is 38.0 Å². The molecule has 2 aromatic heterocycles. The number of aromatic nitrogens is 3. The average molecular weight is 425 g/mol. The molecule has 3 rings (SSSR count). The molecule has 0 unspecified atom stereocenters. The molecule has 2 heterocycles. The van der Waals surface area contributed by atoms with Gasteiger partial charge in [0, 0.05) is 23.8 Å². The second-order valence-electron chi connectivity index (χ2n) is 8.05. The topological polar surface area (TPSA) is 103 Å². The first kappa shape index (κ1) is 22.3. The molecule has 31 heavy (non-hydrogen) atoms. The van der Waals surface area contributed by atoms with Crippen LogP contribution in [0.3, 0.4) is 0 Å². The van der Waals surface area contributed by atoms with Gasteiger partial charge in [-0.2, -0.15) is 5.10 Å². The van der Waals surface area contributed by atoms with E-state index in [2.05, 4.69) is 5.10 Å². The van der Waals surface area contributed by atoms with Gasteiger partial charge in [-0.15, -0.1) is 0 Å². The van der Waals surface area contributed by atoms with Gasteiger partial charge in [-0.25, -0.2) is 9.59 Å². The van der Waals surface area contributed by atoms with Gasteiger partial charge >= 0.3 is 11.9 Å². The normalized spacial score (nSPS) is 11.3. The molecule has 3 aromatic rings. The molecule has 0 atom stereocenters. The fourth-order valence-corrected chi connectivity index (χ4v) is 3.71. The van der Waals surface area contributed by atoms with Gasteiger partial charge in [0.15, 0.2) is 0 Å². The van der Waals surface area contributed by atoms with E-state index in [1.165, 1.54) is 12.3 Å². The summed E-state index contributed by atoms with van der Waals surface area (Å²) in [6.45, 7) is 10.4. The number of fused-ring (bicyclic) bond motifs is 1. The van der Waals surface area contributed by atoms with Crippen molar-refractivity contribution in [3.05, 3.63) is 62.7 Å². The van der Waals surface area contributed by atoms with E-state index in [-0.39, 0.29) is 35.6 Å². The highest BCUT2D eigenvalue weighted by Crippen LogP contribution is 2.22. The standard InChI is InChI=1S/C23H27N3O5/c1-6-31-23(30)19-12-25(10-13(2)3)20-8-16(11-26-15(5)7-14(4)24-26)17(22(28)29)9-18(20)21(19)27/h7-9,12-13H,6,10-11H2,1-5H3,(H,28,29). The summed E-state index contributed by atoms with van der Waals surface area (Å²) in [5, 5.41) is 14.4. The Morgan fingerprint density at radius 2 is 1.87 bits per heavy atom. The molecule has 1 N–H and O–H groups in total. The fourth-order valence-electron chi connectivity index (χ4n) is 3.71. The van der Waals surface area contributed by atoms with Crippen molar-refractivity contribution >= 4 is 22.8 Å². The summed E-state index contributed by atoms with van der Waals surface area (Å²) in [5.74, 6) is -1.62. The Hall–Kier alpha value is -3.42. The number of aromatic carboxylic acids is 1. The van der Waals surface area contributed by atoms with Crippen LogP contribution in [0.1, 0.15) is 58.4 Å². The molecule has 0 radical (unpaired) electrons. The van der Waals surface area contributed by atoms with Gasteiger partial charge in [0.2, 0.25) is 5.43 Å². The molecule has 8 nitrogen and oxygen atoms in total. The van der Waals surface area contributed by atoms with Gasteiger partial charge in [-0.1, -0.05) is 13.8 Å². The summed E-state index contributed by atoms with van der Waals surface area (Å²) >= 11 is 0. The number of ether oxygens (including phenoxy) is 1. The number of carbonyl (C=O) groups excluding carboxylic acids is 1. The zero-order valence-corrected chi connectivity index (χ0v) is 18.4. The zero-order chi connectivity index (χ0) is 22.9. The molecule has 0 aliphatic carbocycles. The number of carboxylic acid groups (broad SMARTS) is 1. The third-order valence-electron chi connectivity index (χ3n) is 5.02. The summed E-state index contributed by atoms with van der Waals surface area (Å²) in [6, 6.07) is 5.00. The maximum Gasteiger partial charge on any atom is 0.343 e. The number of carboxylic acids is 1. The van der Waals surface area contributed by atoms with Crippen LogP contribution in [0.15, 0.2) is 29.2 Å². The Bertz CT molecular complexity index is 1220. The Kier molecular flexibility index (Phi) is 6.29. The third kappa shape index (κ3) is 4.52. The Morgan fingerprint density at radius 1 is 1.16 bits per heavy atom. The fraction of sp³-hybridized carbons (Fsp3) is 0.391. The van der Waals surface area contributed by atoms with Crippen molar-refractivity contribution in [1.29, 1.82) is 0 Å². The number of hydrogen-bond donors (Lipinski definition) is 1. The maximum absolute atomic E-state index is 13.1. The van der Waals surface area contributed by atoms with Crippen molar-refractivity contribution in [2.45, 2.75) is 47.7 Å². The van der Waals surface area contributed by atoms with E-state index < -0.39 is 17.4 Å². The summed E-state index contributed by atoms with van der Waals surface area (Å²) in [7, 11) is 0. The largest absolute Gasteiger partial charge is 0.478 e. The highest BCUT2D eigenvalue weighted by atomic mass is 16.5. The first-order chi connectivity index (χ1) is 14.6. The lowest BCUT2D eigenvalue weighted by molar-refractivity contribution is 0.0523. The van der Waals surface area contributed by atoms with Crippen molar-refractivity contribution in [3.8, 4) is 0 Å². The van der Waals surface area contributed by atoms with Crippen LogP contribution < -0.4 is 5.43 Å². The highest BCUT2D eigenvalue weighted by Gasteiger charge is 2.21. The van der Waals surface area contributed by atoms with Crippen LogP contribution in [0, 0.1) is 19.8 Å². The van der Waals surface area contributed by atoms with E-state index >= 15 is 0 Å². The summed E-state index contributed by atoms with van der Waals surface area (Å²) in [6.07, 6.45) is 1.51. The van der Waals surface area contributed by atoms with E-state index in [1.807, 2.05) is 38.3 Å². The Labute approximate surface area is 180 Å². The number of carbonyl (C=O) groups is 2. The SMILES string of the molecule is CCOC(=O)c1cn(CC(C)C)c2cc(Cn3nc(C)cc3C)c(C(=O)O)cc2c1=O. The van der Waals surface area contributed by atoms with E-state index in [0.717, 1.165) is 11.4 Å². The van der Waals surface area contributed by atoms with Crippen molar-refractivity contribution in [3.63, 3.8) is 0 Å². The second kappa shape index (κ2) is 8.75. The smallest absolute Gasteiger partial charge is 0.343 e. The predicted octanol–water partition coefficient (Wildman–Crippen LogP) is 3.39. The summed E-state index contributed by atoms with van der Waals surface area (Å²) in [5.41, 5.74) is 2.23. The minimum Gasteiger partial charge on any atom is -0.478 e. The molecule has 164 valence electrons. The maximum atomic E-state index is 13.1. The Balaban J connectivity index is 2.29. The number of rotatable bonds is 7. The monoisotopic (exact) mass is 425 g/mol. The van der Waals surface area contributed by atoms with Crippen LogP contribution in [0.25, 0.3) is 10.9 Å². The Morgan fingerprint density at radius 3 is 2.42 bits per heavy atom. The number of nitrogens with zero attached hydrogens (tertiary/aromatic N) is 3. The van der Waals surface area contributed by atoms with Gasteiger partial charge in [0.05, 0.1) is 29.9 Å². The molecule has 1 aromatic carbocycles. The van der Waals surface area contributed by atoms with Crippen LogP contribution in [0.4, 0.5) is 0 Å². The van der Waals surface area contributed by atoms with Crippen molar-refractivity contribution in [2.75, 3.05) is 6.61 Å². The second-order valence-corrected chi connectivity index (χ2v) is 8.05. The molecule has 0 spiro atoms. The van der Waals surface area contributed by atoms with E-state index in [9.17, 15) is 19.5 Å². The van der Waals surface area contributed by atoms with Crippen LogP contribution in [0.5, 0.6) is 0 Å². The number of esters is 1. The molecule has 0 saturated carbocycles. The highest BCUT2D eigenvalue weighted by molar-refractivity contribution is 5.98. The van der Waals surface area contributed by atoms with Crippen molar-refractivity contribution < 1.29 is 19.4 Å². The zero-order valence-electron chi connectivity index (χ0n) is 18.4. The molecule has 0 saturated heterocycles. The van der Waals surface area contributed by atoms with Gasteiger partial charge in [-0.05, 0) is 50.5 Å². The van der Waals surface area contributed by atoms with Gasteiger partial charge < -0.3 is 14.4 Å². The minimum atomic E-state index is -1.14. The molecule has 8 heteroatoms. The van der Waals surface area contributed by atoms with Crippen LogP contribution in [0.2, 0.25) is 0 Å². The predicted molar refractivity (Wildman–Crippen MR) is 117 cm³/mol. The lowest BCUT2D eigenvalue weighted by Gasteiger charge is -2.17.